The van der Waals surface area contributed by atoms with E-state index in [1.807, 2.05) is 4.90 Å². The van der Waals surface area contributed by atoms with E-state index in [1.165, 1.54) is 6.07 Å². The summed E-state index contributed by atoms with van der Waals surface area (Å²) in [6.07, 6.45) is 1.64. The minimum Gasteiger partial charge on any atom is -0.354 e. The molecule has 0 amide bonds. The van der Waals surface area contributed by atoms with E-state index in [1.54, 1.807) is 6.20 Å². The minimum atomic E-state index is -0.263. The molecule has 0 N–H and O–H groups in total. The summed E-state index contributed by atoms with van der Waals surface area (Å²) in [7, 11) is 0. The van der Waals surface area contributed by atoms with Gasteiger partial charge >= 0.3 is 0 Å². The lowest BCUT2D eigenvalue weighted by atomic mass is 10.1. The molecule has 0 aliphatic heterocycles. The minimum absolute atomic E-state index is 0.263. The van der Waals surface area contributed by atoms with Gasteiger partial charge in [-0.1, -0.05) is 27.7 Å². The molecule has 0 saturated carbocycles. The molecule has 0 bridgehead atoms. The SMILES string of the molecule is CC(C)CN(CC(C)C)c1ncc(Br)cc1F. The summed E-state index contributed by atoms with van der Waals surface area (Å²) in [6.45, 7) is 10.2. The fourth-order valence-electron chi connectivity index (χ4n) is 1.77. The number of rotatable bonds is 5. The van der Waals surface area contributed by atoms with Crippen LogP contribution in [0.5, 0.6) is 0 Å². The van der Waals surface area contributed by atoms with Crippen LogP contribution in [0.2, 0.25) is 0 Å². The van der Waals surface area contributed by atoms with Crippen LogP contribution in [0.25, 0.3) is 0 Å². The molecule has 0 aliphatic carbocycles. The zero-order valence-electron chi connectivity index (χ0n) is 10.9. The van der Waals surface area contributed by atoms with E-state index in [4.69, 9.17) is 0 Å². The average Bonchev–Trinajstić information content (AvgIpc) is 2.14. The average molecular weight is 303 g/mol. The highest BCUT2D eigenvalue weighted by Crippen LogP contribution is 2.21. The second-order valence-electron chi connectivity index (χ2n) is 5.15. The molecule has 1 aromatic heterocycles. The summed E-state index contributed by atoms with van der Waals surface area (Å²) in [4.78, 5) is 6.21. The van der Waals surface area contributed by atoms with Crippen LogP contribution in [0.1, 0.15) is 27.7 Å². The van der Waals surface area contributed by atoms with Crippen molar-refractivity contribution >= 4 is 21.7 Å². The second-order valence-corrected chi connectivity index (χ2v) is 6.07. The van der Waals surface area contributed by atoms with E-state index in [0.717, 1.165) is 13.1 Å². The number of halogens is 2. The third-order valence-electron chi connectivity index (χ3n) is 2.26. The number of nitrogens with zero attached hydrogens (tertiary/aromatic N) is 2. The lowest BCUT2D eigenvalue weighted by Gasteiger charge is -2.27. The van der Waals surface area contributed by atoms with Crippen LogP contribution in [0.4, 0.5) is 10.2 Å². The molecule has 0 atom stereocenters. The first-order valence-electron chi connectivity index (χ1n) is 5.96. The van der Waals surface area contributed by atoms with Gasteiger partial charge in [-0.05, 0) is 33.8 Å². The van der Waals surface area contributed by atoms with Crippen molar-refractivity contribution in [3.8, 4) is 0 Å². The Morgan fingerprint density at radius 1 is 1.24 bits per heavy atom. The highest BCUT2D eigenvalue weighted by atomic mass is 79.9. The molecule has 0 aromatic carbocycles. The van der Waals surface area contributed by atoms with Gasteiger partial charge in [-0.25, -0.2) is 9.37 Å². The molecular weight excluding hydrogens is 283 g/mol. The number of hydrogen-bond donors (Lipinski definition) is 0. The highest BCUT2D eigenvalue weighted by molar-refractivity contribution is 9.10. The Balaban J connectivity index is 2.95. The molecule has 1 rings (SSSR count). The maximum Gasteiger partial charge on any atom is 0.166 e. The molecule has 96 valence electrons. The van der Waals surface area contributed by atoms with Gasteiger partial charge in [0.15, 0.2) is 11.6 Å². The van der Waals surface area contributed by atoms with Gasteiger partial charge in [0.05, 0.1) is 0 Å². The fourth-order valence-corrected chi connectivity index (χ4v) is 2.07. The van der Waals surface area contributed by atoms with Gasteiger partial charge in [-0.15, -0.1) is 0 Å². The van der Waals surface area contributed by atoms with Crippen LogP contribution in [0, 0.1) is 17.7 Å². The van der Waals surface area contributed by atoms with Crippen molar-refractivity contribution in [3.63, 3.8) is 0 Å². The van der Waals surface area contributed by atoms with E-state index < -0.39 is 0 Å². The van der Waals surface area contributed by atoms with E-state index in [-0.39, 0.29) is 5.82 Å². The molecule has 17 heavy (non-hydrogen) atoms. The van der Waals surface area contributed by atoms with Gasteiger partial charge in [0.25, 0.3) is 0 Å². The Morgan fingerprint density at radius 2 is 1.76 bits per heavy atom. The molecule has 0 radical (unpaired) electrons. The predicted molar refractivity (Wildman–Crippen MR) is 73.8 cm³/mol. The Bertz CT molecular complexity index is 356. The summed E-state index contributed by atoms with van der Waals surface area (Å²) in [6, 6.07) is 1.47. The van der Waals surface area contributed by atoms with Crippen LogP contribution in [0.15, 0.2) is 16.7 Å². The smallest absolute Gasteiger partial charge is 0.166 e. The lowest BCUT2D eigenvalue weighted by molar-refractivity contribution is 0.531. The van der Waals surface area contributed by atoms with Gasteiger partial charge in [0.1, 0.15) is 0 Å². The van der Waals surface area contributed by atoms with E-state index in [2.05, 4.69) is 48.6 Å². The second kappa shape index (κ2) is 6.34. The first-order chi connectivity index (χ1) is 7.90. The standard InChI is InChI=1S/C13H20BrFN2/c1-9(2)7-17(8-10(3)4)13-12(15)5-11(14)6-16-13/h5-6,9-10H,7-8H2,1-4H3. The van der Waals surface area contributed by atoms with Crippen molar-refractivity contribution in [1.82, 2.24) is 4.98 Å². The molecule has 0 fully saturated rings. The summed E-state index contributed by atoms with van der Waals surface area (Å²) >= 11 is 3.23. The molecule has 0 spiro atoms. The Kier molecular flexibility index (Phi) is 5.37. The van der Waals surface area contributed by atoms with E-state index >= 15 is 0 Å². The lowest BCUT2D eigenvalue weighted by Crippen LogP contribution is -2.32. The van der Waals surface area contributed by atoms with Crippen molar-refractivity contribution in [3.05, 3.63) is 22.6 Å². The van der Waals surface area contributed by atoms with Crippen LogP contribution in [-0.4, -0.2) is 18.1 Å². The van der Waals surface area contributed by atoms with Crippen LogP contribution in [-0.2, 0) is 0 Å². The number of aromatic nitrogens is 1. The molecule has 0 aliphatic rings. The Labute approximate surface area is 111 Å². The topological polar surface area (TPSA) is 16.1 Å². The van der Waals surface area contributed by atoms with E-state index in [9.17, 15) is 4.39 Å². The summed E-state index contributed by atoms with van der Waals surface area (Å²) in [5.74, 6) is 1.16. The predicted octanol–water partition coefficient (Wildman–Crippen LogP) is 4.10. The van der Waals surface area contributed by atoms with Crippen molar-refractivity contribution in [2.24, 2.45) is 11.8 Å². The maximum absolute atomic E-state index is 13.9. The maximum atomic E-state index is 13.9. The quantitative estimate of drug-likeness (QED) is 0.814. The fraction of sp³-hybridized carbons (Fsp3) is 0.615. The summed E-state index contributed by atoms with van der Waals surface area (Å²) in [5, 5.41) is 0. The largest absolute Gasteiger partial charge is 0.354 e. The van der Waals surface area contributed by atoms with Gasteiger partial charge in [-0.3, -0.25) is 0 Å². The van der Waals surface area contributed by atoms with Crippen molar-refractivity contribution in [2.75, 3.05) is 18.0 Å². The third-order valence-corrected chi connectivity index (χ3v) is 2.69. The molecular formula is C13H20BrFN2. The van der Waals surface area contributed by atoms with Crippen molar-refractivity contribution in [1.29, 1.82) is 0 Å². The van der Waals surface area contributed by atoms with Gasteiger partial charge in [-0.2, -0.15) is 0 Å². The van der Waals surface area contributed by atoms with Gasteiger partial charge < -0.3 is 4.90 Å². The first kappa shape index (κ1) is 14.4. The number of hydrogen-bond acceptors (Lipinski definition) is 2. The van der Waals surface area contributed by atoms with Gasteiger partial charge in [0, 0.05) is 23.8 Å². The normalized spacial score (nSPS) is 11.3. The van der Waals surface area contributed by atoms with Gasteiger partial charge in [0.2, 0.25) is 0 Å². The molecule has 4 heteroatoms. The van der Waals surface area contributed by atoms with Crippen molar-refractivity contribution in [2.45, 2.75) is 27.7 Å². The monoisotopic (exact) mass is 302 g/mol. The summed E-state index contributed by atoms with van der Waals surface area (Å²) in [5.41, 5.74) is 0. The molecule has 1 aromatic rings. The number of anilines is 1. The number of pyridine rings is 1. The Morgan fingerprint density at radius 3 is 2.18 bits per heavy atom. The highest BCUT2D eigenvalue weighted by Gasteiger charge is 2.16. The van der Waals surface area contributed by atoms with Crippen LogP contribution >= 0.6 is 15.9 Å². The summed E-state index contributed by atoms with van der Waals surface area (Å²) < 4.78 is 14.5. The first-order valence-corrected chi connectivity index (χ1v) is 6.75. The van der Waals surface area contributed by atoms with Crippen molar-refractivity contribution < 1.29 is 4.39 Å². The third kappa shape index (κ3) is 4.62. The van der Waals surface area contributed by atoms with Crippen LogP contribution in [0.3, 0.4) is 0 Å². The molecule has 0 unspecified atom stereocenters. The molecule has 2 nitrogen and oxygen atoms in total. The zero-order valence-corrected chi connectivity index (χ0v) is 12.5. The molecule has 0 saturated heterocycles. The van der Waals surface area contributed by atoms with E-state index in [0.29, 0.717) is 22.1 Å². The van der Waals surface area contributed by atoms with Crippen LogP contribution < -0.4 is 4.90 Å². The zero-order chi connectivity index (χ0) is 13.0. The molecule has 1 heterocycles. The Hall–Kier alpha value is -0.640.